The maximum Gasteiger partial charge on any atom is 0.253 e. The number of nitrogens with zero attached hydrogens (tertiary/aromatic N) is 2. The van der Waals surface area contributed by atoms with E-state index in [0.29, 0.717) is 5.56 Å². The molecular weight excluding hydrogens is 312 g/mol. The van der Waals surface area contributed by atoms with Crippen LogP contribution in [0.5, 0.6) is 0 Å². The molecule has 0 aliphatic heterocycles. The second kappa shape index (κ2) is 7.45. The maximum absolute atomic E-state index is 12.6. The molecule has 0 N–H and O–H groups in total. The lowest BCUT2D eigenvalue weighted by atomic mass is 10.1. The highest BCUT2D eigenvalue weighted by Gasteiger charge is 2.23. The van der Waals surface area contributed by atoms with Crippen LogP contribution in [-0.4, -0.2) is 50.7 Å². The molecular formula is C17H26N2O3S. The van der Waals surface area contributed by atoms with E-state index in [4.69, 9.17) is 0 Å². The molecule has 6 heteroatoms. The standard InChI is InChI=1S/C17H26N2O3S/c1-18(2)23(21,22)16-12-10-14(11-13-16)17(20)19(3)15-8-6-4-5-7-9-15/h10-13,15H,4-9H2,1-3H3. The van der Waals surface area contributed by atoms with Gasteiger partial charge in [-0.25, -0.2) is 12.7 Å². The average Bonchev–Trinajstić information content (AvgIpc) is 2.82. The SMILES string of the molecule is CN(C(=O)c1ccc(S(=O)(=O)N(C)C)cc1)C1CCCCCC1. The number of rotatable bonds is 4. The van der Waals surface area contributed by atoms with Gasteiger partial charge in [-0.3, -0.25) is 4.79 Å². The fourth-order valence-electron chi connectivity index (χ4n) is 2.99. The monoisotopic (exact) mass is 338 g/mol. The molecule has 0 atom stereocenters. The molecule has 1 fully saturated rings. The van der Waals surface area contributed by atoms with Crippen LogP contribution in [0.15, 0.2) is 29.2 Å². The predicted molar refractivity (Wildman–Crippen MR) is 90.9 cm³/mol. The Hall–Kier alpha value is -1.40. The van der Waals surface area contributed by atoms with E-state index in [1.807, 2.05) is 11.9 Å². The second-order valence-corrected chi connectivity index (χ2v) is 8.53. The van der Waals surface area contributed by atoms with Crippen LogP contribution in [-0.2, 0) is 10.0 Å². The summed E-state index contributed by atoms with van der Waals surface area (Å²) in [6, 6.07) is 6.50. The lowest BCUT2D eigenvalue weighted by Gasteiger charge is -2.27. The van der Waals surface area contributed by atoms with Gasteiger partial charge in [-0.1, -0.05) is 25.7 Å². The summed E-state index contributed by atoms with van der Waals surface area (Å²) in [5.74, 6) is -0.0364. The molecule has 0 aromatic heterocycles. The normalized spacial score (nSPS) is 17.0. The zero-order valence-electron chi connectivity index (χ0n) is 14.2. The first-order valence-electron chi connectivity index (χ1n) is 8.14. The molecule has 0 radical (unpaired) electrons. The van der Waals surface area contributed by atoms with Gasteiger partial charge in [0.1, 0.15) is 0 Å². The van der Waals surface area contributed by atoms with Crippen LogP contribution < -0.4 is 0 Å². The molecule has 1 amide bonds. The van der Waals surface area contributed by atoms with Gasteiger partial charge in [-0.05, 0) is 37.1 Å². The Bertz CT molecular complexity index is 630. The Morgan fingerprint density at radius 2 is 1.48 bits per heavy atom. The summed E-state index contributed by atoms with van der Waals surface area (Å²) in [6.45, 7) is 0. The van der Waals surface area contributed by atoms with Crippen molar-refractivity contribution >= 4 is 15.9 Å². The Morgan fingerprint density at radius 3 is 1.96 bits per heavy atom. The first kappa shape index (κ1) is 17.9. The van der Waals surface area contributed by atoms with Crippen molar-refractivity contribution in [2.45, 2.75) is 49.5 Å². The molecule has 0 saturated heterocycles. The molecule has 5 nitrogen and oxygen atoms in total. The van der Waals surface area contributed by atoms with Gasteiger partial charge in [0.25, 0.3) is 5.91 Å². The summed E-state index contributed by atoms with van der Waals surface area (Å²) < 4.78 is 25.3. The number of amides is 1. The zero-order valence-corrected chi connectivity index (χ0v) is 15.0. The van der Waals surface area contributed by atoms with Crippen LogP contribution in [0.25, 0.3) is 0 Å². The van der Waals surface area contributed by atoms with E-state index in [1.165, 1.54) is 56.2 Å². The van der Waals surface area contributed by atoms with Crippen LogP contribution in [0.3, 0.4) is 0 Å². The van der Waals surface area contributed by atoms with Gasteiger partial charge >= 0.3 is 0 Å². The van der Waals surface area contributed by atoms with E-state index in [2.05, 4.69) is 0 Å². The molecule has 1 saturated carbocycles. The quantitative estimate of drug-likeness (QED) is 0.793. The zero-order chi connectivity index (χ0) is 17.0. The third kappa shape index (κ3) is 4.12. The smallest absolute Gasteiger partial charge is 0.253 e. The van der Waals surface area contributed by atoms with Gasteiger partial charge in [0, 0.05) is 32.7 Å². The fraction of sp³-hybridized carbons (Fsp3) is 0.588. The molecule has 0 spiro atoms. The summed E-state index contributed by atoms with van der Waals surface area (Å²) in [4.78, 5) is 14.6. The molecule has 1 aliphatic rings. The number of carbonyl (C=O) groups excluding carboxylic acids is 1. The van der Waals surface area contributed by atoms with Gasteiger partial charge in [0.15, 0.2) is 0 Å². The predicted octanol–water partition coefficient (Wildman–Crippen LogP) is 2.73. The molecule has 23 heavy (non-hydrogen) atoms. The minimum absolute atomic E-state index is 0.0364. The lowest BCUT2D eigenvalue weighted by Crippen LogP contribution is -2.36. The van der Waals surface area contributed by atoms with Crippen molar-refractivity contribution in [3.8, 4) is 0 Å². The third-order valence-corrected chi connectivity index (χ3v) is 6.40. The van der Waals surface area contributed by atoms with Crippen molar-refractivity contribution in [2.75, 3.05) is 21.1 Å². The van der Waals surface area contributed by atoms with Crippen LogP contribution in [0.4, 0.5) is 0 Å². The summed E-state index contributed by atoms with van der Waals surface area (Å²) >= 11 is 0. The molecule has 0 unspecified atom stereocenters. The Kier molecular flexibility index (Phi) is 5.81. The van der Waals surface area contributed by atoms with E-state index in [9.17, 15) is 13.2 Å². The van der Waals surface area contributed by atoms with Crippen molar-refractivity contribution in [2.24, 2.45) is 0 Å². The highest BCUT2D eigenvalue weighted by Crippen LogP contribution is 2.23. The van der Waals surface area contributed by atoms with E-state index in [-0.39, 0.29) is 16.8 Å². The van der Waals surface area contributed by atoms with Gasteiger partial charge in [-0.2, -0.15) is 0 Å². The molecule has 128 valence electrons. The van der Waals surface area contributed by atoms with Crippen LogP contribution in [0, 0.1) is 0 Å². The second-order valence-electron chi connectivity index (χ2n) is 6.37. The average molecular weight is 338 g/mol. The Morgan fingerprint density at radius 1 is 0.957 bits per heavy atom. The molecule has 1 aliphatic carbocycles. The topological polar surface area (TPSA) is 57.7 Å². The third-order valence-electron chi connectivity index (χ3n) is 4.57. The minimum Gasteiger partial charge on any atom is -0.339 e. The largest absolute Gasteiger partial charge is 0.339 e. The summed E-state index contributed by atoms with van der Waals surface area (Å²) in [7, 11) is 1.38. The van der Waals surface area contributed by atoms with E-state index in [1.54, 1.807) is 12.1 Å². The van der Waals surface area contributed by atoms with Crippen molar-refractivity contribution in [1.29, 1.82) is 0 Å². The first-order valence-corrected chi connectivity index (χ1v) is 9.58. The van der Waals surface area contributed by atoms with Crippen molar-refractivity contribution < 1.29 is 13.2 Å². The highest BCUT2D eigenvalue weighted by molar-refractivity contribution is 7.89. The van der Waals surface area contributed by atoms with Gasteiger partial charge < -0.3 is 4.90 Å². The van der Waals surface area contributed by atoms with E-state index in [0.717, 1.165) is 12.8 Å². The van der Waals surface area contributed by atoms with E-state index >= 15 is 0 Å². The van der Waals surface area contributed by atoms with Crippen LogP contribution in [0.1, 0.15) is 48.9 Å². The Labute approximate surface area is 139 Å². The molecule has 2 rings (SSSR count). The van der Waals surface area contributed by atoms with Crippen molar-refractivity contribution in [3.63, 3.8) is 0 Å². The summed E-state index contributed by atoms with van der Waals surface area (Å²) in [5.41, 5.74) is 0.537. The number of hydrogen-bond donors (Lipinski definition) is 0. The number of hydrogen-bond acceptors (Lipinski definition) is 3. The van der Waals surface area contributed by atoms with Crippen LogP contribution >= 0.6 is 0 Å². The fourth-order valence-corrected chi connectivity index (χ4v) is 3.90. The minimum atomic E-state index is -3.46. The van der Waals surface area contributed by atoms with Gasteiger partial charge in [0.05, 0.1) is 4.90 Å². The van der Waals surface area contributed by atoms with Crippen LogP contribution in [0.2, 0.25) is 0 Å². The maximum atomic E-state index is 12.6. The van der Waals surface area contributed by atoms with E-state index < -0.39 is 10.0 Å². The highest BCUT2D eigenvalue weighted by atomic mass is 32.2. The number of sulfonamides is 1. The Balaban J connectivity index is 2.13. The molecule has 1 aromatic rings. The van der Waals surface area contributed by atoms with Crippen molar-refractivity contribution in [1.82, 2.24) is 9.21 Å². The van der Waals surface area contributed by atoms with Crippen molar-refractivity contribution in [3.05, 3.63) is 29.8 Å². The van der Waals surface area contributed by atoms with Gasteiger partial charge in [0.2, 0.25) is 10.0 Å². The number of carbonyl (C=O) groups is 1. The molecule has 0 bridgehead atoms. The molecule has 1 aromatic carbocycles. The summed E-state index contributed by atoms with van der Waals surface area (Å²) in [5, 5.41) is 0. The summed E-state index contributed by atoms with van der Waals surface area (Å²) in [6.07, 6.45) is 6.93. The molecule has 0 heterocycles. The number of benzene rings is 1. The lowest BCUT2D eigenvalue weighted by molar-refractivity contribution is 0.0717. The van der Waals surface area contributed by atoms with Gasteiger partial charge in [-0.15, -0.1) is 0 Å². The first-order chi connectivity index (χ1) is 10.8.